The summed E-state index contributed by atoms with van der Waals surface area (Å²) in [7, 11) is 0. The third kappa shape index (κ3) is 3.27. The largest absolute Gasteiger partial charge is 0.327 e. The van der Waals surface area contributed by atoms with Gasteiger partial charge < -0.3 is 10.2 Å². The molecule has 0 radical (unpaired) electrons. The van der Waals surface area contributed by atoms with Gasteiger partial charge in [-0.3, -0.25) is 14.5 Å². The third-order valence-corrected chi connectivity index (χ3v) is 4.38. The number of nitrogens with one attached hydrogen (secondary N) is 1. The summed E-state index contributed by atoms with van der Waals surface area (Å²) in [5, 5.41) is 2.84. The molecule has 6 heteroatoms. The van der Waals surface area contributed by atoms with Crippen LogP contribution in [0.1, 0.15) is 39.2 Å². The molecular weight excluding hydrogens is 306 g/mol. The van der Waals surface area contributed by atoms with Crippen LogP contribution in [0, 0.1) is 0 Å². The van der Waals surface area contributed by atoms with Gasteiger partial charge >= 0.3 is 6.03 Å². The molecule has 128 valence electrons. The summed E-state index contributed by atoms with van der Waals surface area (Å²) in [5.41, 5.74) is 1.61. The predicted octanol–water partition coefficient (Wildman–Crippen LogP) is 2.35. The number of imide groups is 1. The number of rotatable bonds is 4. The lowest BCUT2D eigenvalue weighted by Gasteiger charge is -2.23. The number of benzene rings is 1. The summed E-state index contributed by atoms with van der Waals surface area (Å²) in [6.07, 6.45) is 1.88. The molecule has 1 aromatic rings. The molecule has 1 N–H and O–H groups in total. The highest BCUT2D eigenvalue weighted by Crippen LogP contribution is 2.31. The van der Waals surface area contributed by atoms with Gasteiger partial charge in [-0.2, -0.15) is 0 Å². The second-order valence-electron chi connectivity index (χ2n) is 7.47. The number of anilines is 1. The molecule has 0 bridgehead atoms. The van der Waals surface area contributed by atoms with E-state index in [1.807, 2.05) is 24.3 Å². The van der Waals surface area contributed by atoms with Crippen LogP contribution >= 0.6 is 0 Å². The van der Waals surface area contributed by atoms with Crippen molar-refractivity contribution in [1.82, 2.24) is 9.80 Å². The number of para-hydroxylation sites is 1. The Bertz CT molecular complexity index is 689. The van der Waals surface area contributed by atoms with Crippen molar-refractivity contribution in [3.63, 3.8) is 0 Å². The summed E-state index contributed by atoms with van der Waals surface area (Å²) in [4.78, 5) is 39.3. The number of urea groups is 1. The van der Waals surface area contributed by atoms with Crippen molar-refractivity contribution in [2.24, 2.45) is 0 Å². The molecule has 1 aromatic carbocycles. The van der Waals surface area contributed by atoms with Crippen LogP contribution in [0.4, 0.5) is 10.5 Å². The minimum atomic E-state index is -0.356. The Balaban J connectivity index is 1.68. The van der Waals surface area contributed by atoms with Crippen LogP contribution in [0.2, 0.25) is 0 Å². The third-order valence-electron chi connectivity index (χ3n) is 4.38. The van der Waals surface area contributed by atoms with E-state index in [0.717, 1.165) is 23.3 Å². The molecule has 2 fully saturated rings. The topological polar surface area (TPSA) is 69.7 Å². The highest BCUT2D eigenvalue weighted by molar-refractivity contribution is 6.06. The molecule has 6 nitrogen and oxygen atoms in total. The molecule has 24 heavy (non-hydrogen) atoms. The summed E-state index contributed by atoms with van der Waals surface area (Å²) in [6, 6.07) is 7.42. The summed E-state index contributed by atoms with van der Waals surface area (Å²) >= 11 is 0. The lowest BCUT2D eigenvalue weighted by Crippen LogP contribution is -2.39. The maximum Gasteiger partial charge on any atom is 0.327 e. The van der Waals surface area contributed by atoms with Gasteiger partial charge in [-0.1, -0.05) is 39.0 Å². The number of hydrogen-bond acceptors (Lipinski definition) is 3. The van der Waals surface area contributed by atoms with Crippen molar-refractivity contribution in [3.8, 4) is 0 Å². The Kier molecular flexibility index (Phi) is 4.07. The monoisotopic (exact) mass is 329 g/mol. The zero-order valence-electron chi connectivity index (χ0n) is 14.3. The van der Waals surface area contributed by atoms with E-state index in [-0.39, 0.29) is 42.4 Å². The van der Waals surface area contributed by atoms with Gasteiger partial charge in [-0.05, 0) is 29.9 Å². The zero-order valence-corrected chi connectivity index (χ0v) is 14.3. The van der Waals surface area contributed by atoms with E-state index >= 15 is 0 Å². The fraction of sp³-hybridized carbons (Fsp3) is 0.500. The van der Waals surface area contributed by atoms with Crippen LogP contribution in [0.15, 0.2) is 24.3 Å². The van der Waals surface area contributed by atoms with Crippen LogP contribution in [-0.4, -0.2) is 46.8 Å². The van der Waals surface area contributed by atoms with Gasteiger partial charge in [0, 0.05) is 11.7 Å². The number of hydrogen-bond donors (Lipinski definition) is 1. The van der Waals surface area contributed by atoms with Crippen molar-refractivity contribution < 1.29 is 14.4 Å². The fourth-order valence-corrected chi connectivity index (χ4v) is 2.97. The van der Waals surface area contributed by atoms with Crippen molar-refractivity contribution >= 4 is 23.5 Å². The first-order valence-corrected chi connectivity index (χ1v) is 8.27. The quantitative estimate of drug-likeness (QED) is 0.862. The summed E-state index contributed by atoms with van der Waals surface area (Å²) < 4.78 is 0. The smallest absolute Gasteiger partial charge is 0.324 e. The fourth-order valence-electron chi connectivity index (χ4n) is 2.97. The van der Waals surface area contributed by atoms with E-state index in [9.17, 15) is 14.4 Å². The van der Waals surface area contributed by atoms with Crippen LogP contribution in [0.3, 0.4) is 0 Å². The van der Waals surface area contributed by atoms with Gasteiger partial charge in [0.2, 0.25) is 5.91 Å². The second-order valence-corrected chi connectivity index (χ2v) is 7.47. The Hall–Kier alpha value is -2.37. The molecule has 0 atom stereocenters. The van der Waals surface area contributed by atoms with Gasteiger partial charge in [0.1, 0.15) is 13.1 Å². The maximum atomic E-state index is 12.4. The standard InChI is InChI=1S/C18H23N3O3/c1-18(2,3)13-6-4-5-7-14(13)19-15(22)10-21-16(23)11-20(17(21)24)12-8-9-12/h4-7,12H,8-11H2,1-3H3,(H,19,22). The van der Waals surface area contributed by atoms with E-state index in [2.05, 4.69) is 26.1 Å². The molecule has 1 saturated heterocycles. The molecule has 0 spiro atoms. The van der Waals surface area contributed by atoms with E-state index in [1.165, 1.54) is 0 Å². The van der Waals surface area contributed by atoms with Gasteiger partial charge in [0.25, 0.3) is 5.91 Å². The number of nitrogens with zero attached hydrogens (tertiary/aromatic N) is 2. The number of carbonyl (C=O) groups is 3. The van der Waals surface area contributed by atoms with Gasteiger partial charge in [-0.15, -0.1) is 0 Å². The Labute approximate surface area is 141 Å². The normalized spacial score (nSPS) is 18.3. The Morgan fingerprint density at radius 3 is 2.50 bits per heavy atom. The predicted molar refractivity (Wildman–Crippen MR) is 90.6 cm³/mol. The van der Waals surface area contributed by atoms with Crippen LogP contribution in [0.25, 0.3) is 0 Å². The van der Waals surface area contributed by atoms with E-state index < -0.39 is 0 Å². The van der Waals surface area contributed by atoms with Crippen molar-refractivity contribution in [2.45, 2.75) is 45.1 Å². The summed E-state index contributed by atoms with van der Waals surface area (Å²) in [5.74, 6) is -0.655. The molecule has 1 aliphatic heterocycles. The van der Waals surface area contributed by atoms with Crippen LogP contribution in [-0.2, 0) is 15.0 Å². The SMILES string of the molecule is CC(C)(C)c1ccccc1NC(=O)CN1C(=O)CN(C2CC2)C1=O. The molecule has 4 amide bonds. The highest BCUT2D eigenvalue weighted by Gasteiger charge is 2.44. The Morgan fingerprint density at radius 2 is 1.88 bits per heavy atom. The lowest BCUT2D eigenvalue weighted by atomic mass is 9.86. The van der Waals surface area contributed by atoms with Crippen molar-refractivity contribution in [3.05, 3.63) is 29.8 Å². The molecular formula is C18H23N3O3. The molecule has 3 rings (SSSR count). The highest BCUT2D eigenvalue weighted by atomic mass is 16.2. The first kappa shape index (κ1) is 16.5. The van der Waals surface area contributed by atoms with Crippen LogP contribution in [0.5, 0.6) is 0 Å². The van der Waals surface area contributed by atoms with Gasteiger partial charge in [-0.25, -0.2) is 4.79 Å². The minimum Gasteiger partial charge on any atom is -0.324 e. The zero-order chi connectivity index (χ0) is 17.5. The second kappa shape index (κ2) is 5.92. The van der Waals surface area contributed by atoms with Gasteiger partial charge in [0.15, 0.2) is 0 Å². The molecule has 1 heterocycles. The van der Waals surface area contributed by atoms with E-state index in [1.54, 1.807) is 4.90 Å². The maximum absolute atomic E-state index is 12.4. The van der Waals surface area contributed by atoms with Crippen molar-refractivity contribution in [1.29, 1.82) is 0 Å². The number of carbonyl (C=O) groups excluding carboxylic acids is 3. The first-order chi connectivity index (χ1) is 11.3. The molecule has 0 unspecified atom stereocenters. The average molecular weight is 329 g/mol. The molecule has 1 saturated carbocycles. The molecule has 0 aromatic heterocycles. The Morgan fingerprint density at radius 1 is 1.21 bits per heavy atom. The van der Waals surface area contributed by atoms with E-state index in [4.69, 9.17) is 0 Å². The molecule has 2 aliphatic rings. The first-order valence-electron chi connectivity index (χ1n) is 8.27. The van der Waals surface area contributed by atoms with Crippen LogP contribution < -0.4 is 5.32 Å². The minimum absolute atomic E-state index is 0.0926. The van der Waals surface area contributed by atoms with E-state index in [0.29, 0.717) is 5.69 Å². The average Bonchev–Trinajstić information content (AvgIpc) is 3.29. The van der Waals surface area contributed by atoms with Crippen molar-refractivity contribution in [2.75, 3.05) is 18.4 Å². The number of amides is 4. The molecule has 1 aliphatic carbocycles. The lowest BCUT2D eigenvalue weighted by molar-refractivity contribution is -0.129. The van der Waals surface area contributed by atoms with Gasteiger partial charge in [0.05, 0.1) is 0 Å². The summed E-state index contributed by atoms with van der Waals surface area (Å²) in [6.45, 7) is 6.06.